The van der Waals surface area contributed by atoms with Crippen molar-refractivity contribution in [3.8, 4) is 0 Å². The second kappa shape index (κ2) is 6.33. The highest BCUT2D eigenvalue weighted by Crippen LogP contribution is 2.31. The number of likely N-dealkylation sites (N-methyl/N-ethyl adjacent to an activating group) is 1. The van der Waals surface area contributed by atoms with Crippen LogP contribution in [0, 0.1) is 0 Å². The number of aromatic nitrogens is 1. The molecular weight excluding hydrogens is 317 g/mol. The highest BCUT2D eigenvalue weighted by atomic mass is 19.4. The molecule has 2 heterocycles. The third kappa shape index (κ3) is 3.05. The van der Waals surface area contributed by atoms with Crippen molar-refractivity contribution in [3.05, 3.63) is 52.9 Å². The Balaban J connectivity index is 2.04. The fourth-order valence-corrected chi connectivity index (χ4v) is 2.83. The van der Waals surface area contributed by atoms with E-state index in [1.54, 1.807) is 12.1 Å². The maximum atomic E-state index is 12.8. The van der Waals surface area contributed by atoms with Crippen LogP contribution in [0.3, 0.4) is 0 Å². The Hall–Kier alpha value is -2.25. The summed E-state index contributed by atoms with van der Waals surface area (Å²) in [6, 6.07) is 7.60. The van der Waals surface area contributed by atoms with Crippen LogP contribution in [0.15, 0.2) is 46.6 Å². The summed E-state index contributed by atoms with van der Waals surface area (Å²) >= 11 is 0. The first-order chi connectivity index (χ1) is 11.4. The first kappa shape index (κ1) is 16.6. The van der Waals surface area contributed by atoms with Gasteiger partial charge < -0.3 is 11.1 Å². The van der Waals surface area contributed by atoms with Crippen LogP contribution in [0.5, 0.6) is 0 Å². The number of aliphatic imine (C=N–C) groups is 1. The van der Waals surface area contributed by atoms with E-state index in [9.17, 15) is 13.2 Å². The zero-order valence-electron chi connectivity index (χ0n) is 13.1. The number of fused-ring (bicyclic) bond motifs is 1. The summed E-state index contributed by atoms with van der Waals surface area (Å²) in [7, 11) is 1.83. The van der Waals surface area contributed by atoms with E-state index < -0.39 is 11.9 Å². The first-order valence-corrected chi connectivity index (χ1v) is 7.54. The summed E-state index contributed by atoms with van der Waals surface area (Å²) in [6.45, 7) is 1.02. The minimum absolute atomic E-state index is 0.307. The Bertz CT molecular complexity index is 837. The SMILES string of the molecule is CNCC1=C(CN)CC(c2cccc3nc(C(F)(F)F)ccc23)=N1. The molecule has 3 rings (SSSR count). The van der Waals surface area contributed by atoms with Gasteiger partial charge in [0.15, 0.2) is 0 Å². The Labute approximate surface area is 137 Å². The Morgan fingerprint density at radius 1 is 1.21 bits per heavy atom. The normalized spacial score (nSPS) is 15.3. The maximum Gasteiger partial charge on any atom is 0.433 e. The number of nitrogens with zero attached hydrogens (tertiary/aromatic N) is 2. The summed E-state index contributed by atoms with van der Waals surface area (Å²) < 4.78 is 38.5. The predicted octanol–water partition coefficient (Wildman–Crippen LogP) is 2.88. The molecule has 0 bridgehead atoms. The van der Waals surface area contributed by atoms with Crippen LogP contribution in [0.4, 0.5) is 13.2 Å². The third-order valence-corrected chi connectivity index (χ3v) is 3.98. The molecule has 0 unspecified atom stereocenters. The molecule has 0 spiro atoms. The number of benzene rings is 1. The van der Waals surface area contributed by atoms with Crippen LogP contribution < -0.4 is 11.1 Å². The van der Waals surface area contributed by atoms with E-state index in [0.717, 1.165) is 28.6 Å². The number of halogens is 3. The molecule has 1 aromatic carbocycles. The predicted molar refractivity (Wildman–Crippen MR) is 87.9 cm³/mol. The van der Waals surface area contributed by atoms with Crippen LogP contribution in [0.2, 0.25) is 0 Å². The summed E-state index contributed by atoms with van der Waals surface area (Å²) in [4.78, 5) is 8.37. The van der Waals surface area contributed by atoms with Crippen LogP contribution in [0.1, 0.15) is 17.7 Å². The largest absolute Gasteiger partial charge is 0.433 e. The van der Waals surface area contributed by atoms with Gasteiger partial charge in [-0.3, -0.25) is 4.99 Å². The molecule has 0 saturated heterocycles. The Morgan fingerprint density at radius 2 is 2.00 bits per heavy atom. The van der Waals surface area contributed by atoms with E-state index in [-0.39, 0.29) is 0 Å². The standard InChI is InChI=1S/C17H17F3N4/c1-22-9-15-10(8-21)7-14(23-15)11-3-2-4-13-12(11)5-6-16(24-13)17(18,19)20/h2-6,22H,7-9,21H2,1H3. The zero-order chi connectivity index (χ0) is 17.3. The average Bonchev–Trinajstić information content (AvgIpc) is 2.96. The molecule has 0 aliphatic carbocycles. The van der Waals surface area contributed by atoms with Crippen molar-refractivity contribution in [2.45, 2.75) is 12.6 Å². The average molecular weight is 334 g/mol. The fourth-order valence-electron chi connectivity index (χ4n) is 2.83. The molecule has 2 aromatic rings. The van der Waals surface area contributed by atoms with Crippen LogP contribution in [-0.2, 0) is 6.18 Å². The number of rotatable bonds is 4. The molecule has 7 heteroatoms. The number of hydrogen-bond acceptors (Lipinski definition) is 4. The van der Waals surface area contributed by atoms with Gasteiger partial charge in [-0.25, -0.2) is 4.98 Å². The molecule has 3 N–H and O–H groups in total. The van der Waals surface area contributed by atoms with Gasteiger partial charge in [0.1, 0.15) is 5.69 Å². The molecule has 1 aromatic heterocycles. The quantitative estimate of drug-likeness (QED) is 0.904. The van der Waals surface area contributed by atoms with Crippen LogP contribution >= 0.6 is 0 Å². The second-order valence-corrected chi connectivity index (χ2v) is 5.59. The summed E-state index contributed by atoms with van der Waals surface area (Å²) in [5, 5.41) is 3.71. The van der Waals surface area contributed by atoms with Crippen LogP contribution in [0.25, 0.3) is 10.9 Å². The van der Waals surface area contributed by atoms with Gasteiger partial charge in [-0.15, -0.1) is 0 Å². The van der Waals surface area contributed by atoms with Crippen molar-refractivity contribution in [2.24, 2.45) is 10.7 Å². The lowest BCUT2D eigenvalue weighted by Gasteiger charge is -2.10. The highest BCUT2D eigenvalue weighted by Gasteiger charge is 2.32. The topological polar surface area (TPSA) is 63.3 Å². The number of nitrogens with two attached hydrogens (primary N) is 1. The van der Waals surface area contributed by atoms with Gasteiger partial charge in [-0.05, 0) is 30.8 Å². The third-order valence-electron chi connectivity index (χ3n) is 3.98. The monoisotopic (exact) mass is 334 g/mol. The van der Waals surface area contributed by atoms with Gasteiger partial charge >= 0.3 is 6.18 Å². The number of hydrogen-bond donors (Lipinski definition) is 2. The van der Waals surface area contributed by atoms with E-state index in [4.69, 9.17) is 5.73 Å². The zero-order valence-corrected chi connectivity index (χ0v) is 13.1. The molecule has 0 amide bonds. The molecule has 0 fully saturated rings. The van der Waals surface area contributed by atoms with Gasteiger partial charge in [0.05, 0.1) is 16.9 Å². The van der Waals surface area contributed by atoms with Gasteiger partial charge in [0, 0.05) is 30.5 Å². The van der Waals surface area contributed by atoms with Gasteiger partial charge in [-0.1, -0.05) is 12.1 Å². The molecular formula is C17H17F3N4. The Morgan fingerprint density at radius 3 is 2.67 bits per heavy atom. The maximum absolute atomic E-state index is 12.8. The second-order valence-electron chi connectivity index (χ2n) is 5.59. The van der Waals surface area contributed by atoms with Gasteiger partial charge in [0.25, 0.3) is 0 Å². The minimum Gasteiger partial charge on any atom is -0.327 e. The molecule has 0 atom stereocenters. The lowest BCUT2D eigenvalue weighted by molar-refractivity contribution is -0.140. The van der Waals surface area contributed by atoms with Crippen molar-refractivity contribution >= 4 is 16.6 Å². The lowest BCUT2D eigenvalue weighted by atomic mass is 9.99. The molecule has 0 radical (unpaired) electrons. The number of alkyl halides is 3. The smallest absolute Gasteiger partial charge is 0.327 e. The molecule has 1 aliphatic heterocycles. The van der Waals surface area contributed by atoms with E-state index in [0.29, 0.717) is 30.4 Å². The highest BCUT2D eigenvalue weighted by molar-refractivity contribution is 6.12. The summed E-state index contributed by atoms with van der Waals surface area (Å²) in [5.74, 6) is 0. The summed E-state index contributed by atoms with van der Waals surface area (Å²) in [5.41, 5.74) is 8.74. The van der Waals surface area contributed by atoms with Crippen molar-refractivity contribution < 1.29 is 13.2 Å². The molecule has 0 saturated carbocycles. The van der Waals surface area contributed by atoms with Crippen molar-refractivity contribution in [1.82, 2.24) is 10.3 Å². The van der Waals surface area contributed by atoms with Crippen molar-refractivity contribution in [2.75, 3.05) is 20.1 Å². The van der Waals surface area contributed by atoms with Crippen molar-refractivity contribution in [1.29, 1.82) is 0 Å². The fraction of sp³-hybridized carbons (Fsp3) is 0.294. The van der Waals surface area contributed by atoms with Gasteiger partial charge in [0.2, 0.25) is 0 Å². The molecule has 1 aliphatic rings. The number of nitrogens with one attached hydrogen (secondary N) is 1. The van der Waals surface area contributed by atoms with E-state index >= 15 is 0 Å². The molecule has 4 nitrogen and oxygen atoms in total. The van der Waals surface area contributed by atoms with E-state index in [2.05, 4.69) is 15.3 Å². The molecule has 126 valence electrons. The van der Waals surface area contributed by atoms with E-state index in [1.165, 1.54) is 6.07 Å². The Kier molecular flexibility index (Phi) is 4.38. The first-order valence-electron chi connectivity index (χ1n) is 7.54. The lowest BCUT2D eigenvalue weighted by Crippen LogP contribution is -2.12. The summed E-state index contributed by atoms with van der Waals surface area (Å²) in [6.07, 6.45) is -3.85. The van der Waals surface area contributed by atoms with Crippen LogP contribution in [-0.4, -0.2) is 30.8 Å². The van der Waals surface area contributed by atoms with Crippen molar-refractivity contribution in [3.63, 3.8) is 0 Å². The number of pyridine rings is 1. The minimum atomic E-state index is -4.46. The van der Waals surface area contributed by atoms with Gasteiger partial charge in [-0.2, -0.15) is 13.2 Å². The molecule has 24 heavy (non-hydrogen) atoms. The van der Waals surface area contributed by atoms with E-state index in [1.807, 2.05) is 13.1 Å².